The van der Waals surface area contributed by atoms with Gasteiger partial charge in [-0.2, -0.15) is 18.1 Å². The lowest BCUT2D eigenvalue weighted by Crippen LogP contribution is -2.07. The van der Waals surface area contributed by atoms with Gasteiger partial charge in [-0.3, -0.25) is 0 Å². The lowest BCUT2D eigenvalue weighted by atomic mass is 10.1. The number of imidazole rings is 1. The average molecular weight is 269 g/mol. The van der Waals surface area contributed by atoms with Gasteiger partial charge in [-0.25, -0.2) is 4.98 Å². The molecule has 0 fully saturated rings. The third kappa shape index (κ3) is 2.98. The lowest BCUT2D eigenvalue weighted by Gasteiger charge is -2.11. The Morgan fingerprint density at radius 3 is 2.58 bits per heavy atom. The van der Waals surface area contributed by atoms with E-state index in [1.165, 1.54) is 17.0 Å². The number of halogens is 3. The first-order valence-electron chi connectivity index (χ1n) is 5.41. The van der Waals surface area contributed by atoms with E-state index in [9.17, 15) is 18.1 Å². The van der Waals surface area contributed by atoms with Crippen LogP contribution in [-0.2, 0) is 12.7 Å². The van der Waals surface area contributed by atoms with Gasteiger partial charge in [0.15, 0.2) is 0 Å². The quantitative estimate of drug-likeness (QED) is 0.801. The fourth-order valence-corrected chi connectivity index (χ4v) is 1.71. The van der Waals surface area contributed by atoms with Crippen molar-refractivity contribution in [2.75, 3.05) is 0 Å². The molecule has 0 bridgehead atoms. The number of hydrogen-bond donors (Lipinski definition) is 0. The van der Waals surface area contributed by atoms with E-state index in [0.29, 0.717) is 11.4 Å². The molecule has 19 heavy (non-hydrogen) atoms. The summed E-state index contributed by atoms with van der Waals surface area (Å²) in [6.45, 7) is 1.43. The second-order valence-corrected chi connectivity index (χ2v) is 4.10. The van der Waals surface area contributed by atoms with Crippen LogP contribution in [0.3, 0.4) is 0 Å². The van der Waals surface area contributed by atoms with Gasteiger partial charge >= 0.3 is 6.18 Å². The number of alkyl halides is 3. The summed E-state index contributed by atoms with van der Waals surface area (Å²) in [6, 6.07) is 3.42. The van der Waals surface area contributed by atoms with Crippen molar-refractivity contribution >= 4 is 0 Å². The zero-order valence-corrected chi connectivity index (χ0v) is 9.98. The Hall–Kier alpha value is -2.18. The van der Waals surface area contributed by atoms with E-state index in [2.05, 4.69) is 10.2 Å². The van der Waals surface area contributed by atoms with Crippen molar-refractivity contribution in [1.29, 1.82) is 0 Å². The summed E-state index contributed by atoms with van der Waals surface area (Å²) >= 11 is 0. The lowest BCUT2D eigenvalue weighted by molar-refractivity contribution is -0.137. The van der Waals surface area contributed by atoms with Crippen LogP contribution >= 0.6 is 0 Å². The fourth-order valence-electron chi connectivity index (χ4n) is 1.71. The summed E-state index contributed by atoms with van der Waals surface area (Å²) in [7, 11) is 0. The van der Waals surface area contributed by atoms with Gasteiger partial charge in [-0.1, -0.05) is 5.18 Å². The van der Waals surface area contributed by atoms with Crippen molar-refractivity contribution in [2.24, 2.45) is 5.18 Å². The highest BCUT2D eigenvalue weighted by atomic mass is 19.4. The largest absolute Gasteiger partial charge is 0.416 e. The van der Waals surface area contributed by atoms with Crippen molar-refractivity contribution in [1.82, 2.24) is 9.55 Å². The van der Waals surface area contributed by atoms with Gasteiger partial charge in [0.1, 0.15) is 6.54 Å². The maximum absolute atomic E-state index is 12.8. The monoisotopic (exact) mass is 269 g/mol. The maximum Gasteiger partial charge on any atom is 0.416 e. The molecule has 0 radical (unpaired) electrons. The number of nitrogens with zero attached hydrogens (tertiary/aromatic N) is 3. The van der Waals surface area contributed by atoms with Crippen LogP contribution in [0.25, 0.3) is 5.69 Å². The predicted octanol–water partition coefficient (Wildman–Crippen LogP) is 3.47. The first-order chi connectivity index (χ1) is 8.90. The summed E-state index contributed by atoms with van der Waals surface area (Å²) in [6.07, 6.45) is -1.44. The molecule has 2 aromatic rings. The SMILES string of the molecule is Cc1cn(-c2cc(CN=O)cc(C(F)(F)F)c2)cn1. The van der Waals surface area contributed by atoms with Gasteiger partial charge < -0.3 is 4.57 Å². The summed E-state index contributed by atoms with van der Waals surface area (Å²) in [4.78, 5) is 14.2. The number of nitroso groups, excluding NO2 is 1. The minimum atomic E-state index is -4.47. The van der Waals surface area contributed by atoms with Crippen LogP contribution in [-0.4, -0.2) is 9.55 Å². The third-order valence-corrected chi connectivity index (χ3v) is 2.56. The van der Waals surface area contributed by atoms with Gasteiger partial charge in [0, 0.05) is 11.9 Å². The molecule has 0 spiro atoms. The third-order valence-electron chi connectivity index (χ3n) is 2.56. The standard InChI is InChI=1S/C12H10F3N3O/c1-8-6-18(7-16-8)11-3-9(5-17-19)2-10(4-11)12(13,14)15/h2-4,6-7H,5H2,1H3. The van der Waals surface area contributed by atoms with Crippen LogP contribution in [0.1, 0.15) is 16.8 Å². The molecule has 0 N–H and O–H groups in total. The molecule has 2 rings (SSSR count). The molecule has 7 heteroatoms. The van der Waals surface area contributed by atoms with Gasteiger partial charge in [0.05, 0.1) is 17.6 Å². The van der Waals surface area contributed by atoms with Crippen LogP contribution in [0.5, 0.6) is 0 Å². The first-order valence-corrected chi connectivity index (χ1v) is 5.41. The van der Waals surface area contributed by atoms with Crippen molar-refractivity contribution < 1.29 is 13.2 Å². The highest BCUT2D eigenvalue weighted by Crippen LogP contribution is 2.31. The zero-order valence-electron chi connectivity index (χ0n) is 9.98. The van der Waals surface area contributed by atoms with E-state index in [0.717, 1.165) is 12.1 Å². The molecule has 0 unspecified atom stereocenters. The van der Waals surface area contributed by atoms with Gasteiger partial charge in [0.25, 0.3) is 0 Å². The van der Waals surface area contributed by atoms with Crippen molar-refractivity contribution in [3.63, 3.8) is 0 Å². The highest BCUT2D eigenvalue weighted by molar-refractivity contribution is 5.41. The molecule has 1 aromatic heterocycles. The van der Waals surface area contributed by atoms with E-state index >= 15 is 0 Å². The van der Waals surface area contributed by atoms with Gasteiger partial charge in [-0.05, 0) is 30.7 Å². The average Bonchev–Trinajstić information content (AvgIpc) is 2.75. The van der Waals surface area contributed by atoms with E-state index in [1.807, 2.05) is 0 Å². The van der Waals surface area contributed by atoms with Crippen LogP contribution in [0, 0.1) is 11.8 Å². The molecule has 0 amide bonds. The molecule has 1 heterocycles. The minimum Gasteiger partial charge on any atom is -0.306 e. The molecule has 1 aromatic carbocycles. The number of rotatable bonds is 3. The summed E-state index contributed by atoms with van der Waals surface area (Å²) in [5.74, 6) is 0. The van der Waals surface area contributed by atoms with E-state index in [4.69, 9.17) is 0 Å². The smallest absolute Gasteiger partial charge is 0.306 e. The Morgan fingerprint density at radius 2 is 2.05 bits per heavy atom. The van der Waals surface area contributed by atoms with Crippen LogP contribution < -0.4 is 0 Å². The first kappa shape index (κ1) is 13.3. The molecular weight excluding hydrogens is 259 g/mol. The van der Waals surface area contributed by atoms with E-state index in [-0.39, 0.29) is 12.1 Å². The predicted molar refractivity (Wildman–Crippen MR) is 62.8 cm³/mol. The maximum atomic E-state index is 12.8. The van der Waals surface area contributed by atoms with Gasteiger partial charge in [-0.15, -0.1) is 0 Å². The molecule has 0 aliphatic heterocycles. The molecule has 0 atom stereocenters. The minimum absolute atomic E-state index is 0.214. The molecular formula is C12H10F3N3O. The van der Waals surface area contributed by atoms with E-state index < -0.39 is 11.7 Å². The zero-order chi connectivity index (χ0) is 14.0. The fraction of sp³-hybridized carbons (Fsp3) is 0.250. The van der Waals surface area contributed by atoms with Crippen molar-refractivity contribution in [3.8, 4) is 5.69 Å². The second kappa shape index (κ2) is 4.83. The van der Waals surface area contributed by atoms with Crippen molar-refractivity contribution in [2.45, 2.75) is 19.6 Å². The molecule has 100 valence electrons. The van der Waals surface area contributed by atoms with Crippen LogP contribution in [0.15, 0.2) is 35.9 Å². The number of hydrogen-bond acceptors (Lipinski definition) is 3. The number of aryl methyl sites for hydroxylation is 1. The molecule has 0 aliphatic carbocycles. The normalized spacial score (nSPS) is 11.6. The Bertz CT molecular complexity index is 605. The number of aromatic nitrogens is 2. The summed E-state index contributed by atoms with van der Waals surface area (Å²) < 4.78 is 39.8. The molecule has 0 saturated carbocycles. The Balaban J connectivity index is 2.54. The highest BCUT2D eigenvalue weighted by Gasteiger charge is 2.31. The Labute approximate surface area is 106 Å². The van der Waals surface area contributed by atoms with Crippen LogP contribution in [0.4, 0.5) is 13.2 Å². The summed E-state index contributed by atoms with van der Waals surface area (Å²) in [5, 5.41) is 2.63. The molecule has 0 aliphatic rings. The molecule has 4 nitrogen and oxygen atoms in total. The molecule has 0 saturated heterocycles. The number of benzene rings is 1. The Kier molecular flexibility index (Phi) is 3.37. The van der Waals surface area contributed by atoms with Crippen LogP contribution in [0.2, 0.25) is 0 Å². The Morgan fingerprint density at radius 1 is 1.32 bits per heavy atom. The van der Waals surface area contributed by atoms with Crippen molar-refractivity contribution in [3.05, 3.63) is 52.5 Å². The van der Waals surface area contributed by atoms with Gasteiger partial charge in [0.2, 0.25) is 0 Å². The topological polar surface area (TPSA) is 47.2 Å². The van der Waals surface area contributed by atoms with E-state index in [1.54, 1.807) is 13.1 Å². The summed E-state index contributed by atoms with van der Waals surface area (Å²) in [5.41, 5.74) is 0.391. The second-order valence-electron chi connectivity index (χ2n) is 4.10.